The summed E-state index contributed by atoms with van der Waals surface area (Å²) in [7, 11) is 0. The molecule has 0 unspecified atom stereocenters. The molecule has 0 spiro atoms. The topological polar surface area (TPSA) is 71.4 Å². The Hall–Kier alpha value is -2.72. The van der Waals surface area contributed by atoms with Gasteiger partial charge >= 0.3 is 5.97 Å². The Morgan fingerprint density at radius 2 is 1.50 bits per heavy atom. The maximum Gasteiger partial charge on any atom is 0.328 e. The van der Waals surface area contributed by atoms with E-state index in [1.165, 1.54) is 18.2 Å². The first-order chi connectivity index (χ1) is 10.5. The number of carbonyl (C=O) groups excluding carboxylic acids is 2. The number of carbonyl (C=O) groups is 3. The highest BCUT2D eigenvalue weighted by atomic mass is 35.5. The molecule has 4 nitrogen and oxygen atoms in total. The van der Waals surface area contributed by atoms with E-state index in [0.29, 0.717) is 16.7 Å². The molecule has 0 aromatic heterocycles. The summed E-state index contributed by atoms with van der Waals surface area (Å²) in [6, 6.07) is 9.45. The third-order valence-electron chi connectivity index (χ3n) is 3.45. The van der Waals surface area contributed by atoms with Gasteiger partial charge in [-0.3, -0.25) is 9.59 Å². The van der Waals surface area contributed by atoms with Crippen molar-refractivity contribution in [1.82, 2.24) is 0 Å². The van der Waals surface area contributed by atoms with Crippen LogP contribution in [0.5, 0.6) is 0 Å². The van der Waals surface area contributed by atoms with Crippen LogP contribution >= 0.6 is 11.6 Å². The van der Waals surface area contributed by atoms with Crippen LogP contribution in [0.4, 0.5) is 0 Å². The maximum absolute atomic E-state index is 12.5. The largest absolute Gasteiger partial charge is 0.478 e. The van der Waals surface area contributed by atoms with Crippen LogP contribution in [0.3, 0.4) is 0 Å². The van der Waals surface area contributed by atoms with Crippen LogP contribution in [0.25, 0.3) is 6.08 Å². The predicted molar refractivity (Wildman–Crippen MR) is 81.4 cm³/mol. The number of halogens is 1. The number of fused-ring (bicyclic) bond motifs is 2. The van der Waals surface area contributed by atoms with Gasteiger partial charge in [-0.15, -0.1) is 0 Å². The van der Waals surface area contributed by atoms with Crippen LogP contribution < -0.4 is 0 Å². The Bertz CT molecular complexity index is 865. The monoisotopic (exact) mass is 312 g/mol. The minimum absolute atomic E-state index is 0.219. The quantitative estimate of drug-likeness (QED) is 0.738. The normalized spacial score (nSPS) is 13.1. The van der Waals surface area contributed by atoms with E-state index < -0.39 is 5.97 Å². The minimum atomic E-state index is -1.12. The molecule has 2 aromatic rings. The van der Waals surface area contributed by atoms with Gasteiger partial charge in [-0.25, -0.2) is 4.79 Å². The molecule has 0 heterocycles. The number of benzene rings is 2. The molecule has 0 aliphatic heterocycles. The van der Waals surface area contributed by atoms with Gasteiger partial charge < -0.3 is 5.11 Å². The first kappa shape index (κ1) is 14.2. The number of hydrogen-bond donors (Lipinski definition) is 1. The van der Waals surface area contributed by atoms with E-state index in [2.05, 4.69) is 0 Å². The van der Waals surface area contributed by atoms with Crippen molar-refractivity contribution < 1.29 is 19.5 Å². The molecule has 0 saturated heterocycles. The molecule has 1 N–H and O–H groups in total. The van der Waals surface area contributed by atoms with Gasteiger partial charge in [0.1, 0.15) is 0 Å². The van der Waals surface area contributed by atoms with Gasteiger partial charge in [0, 0.05) is 33.4 Å². The number of hydrogen-bond acceptors (Lipinski definition) is 3. The zero-order chi connectivity index (χ0) is 15.9. The van der Waals surface area contributed by atoms with E-state index in [1.807, 2.05) is 0 Å². The first-order valence-corrected chi connectivity index (χ1v) is 6.80. The second kappa shape index (κ2) is 5.24. The Labute approximate surface area is 130 Å². The van der Waals surface area contributed by atoms with Crippen molar-refractivity contribution >= 4 is 35.2 Å². The summed E-state index contributed by atoms with van der Waals surface area (Å²) >= 11 is 6.08. The maximum atomic E-state index is 12.5. The standard InChI is InChI=1S/C17H9ClO4/c18-14-8-13-12(7-9(14)5-6-15(19)20)16(21)10-3-1-2-4-11(10)17(13)22/h1-8H,(H,19,20). The smallest absolute Gasteiger partial charge is 0.328 e. The number of rotatable bonds is 2. The van der Waals surface area contributed by atoms with Crippen molar-refractivity contribution in [2.45, 2.75) is 0 Å². The highest BCUT2D eigenvalue weighted by Crippen LogP contribution is 2.31. The number of carboxylic acid groups (broad SMARTS) is 1. The van der Waals surface area contributed by atoms with Gasteiger partial charge in [0.15, 0.2) is 11.6 Å². The van der Waals surface area contributed by atoms with Crippen molar-refractivity contribution in [3.05, 3.63) is 75.3 Å². The molecule has 0 fully saturated rings. The first-order valence-electron chi connectivity index (χ1n) is 6.42. The molecule has 1 aliphatic rings. The Balaban J connectivity index is 2.19. The fourth-order valence-corrected chi connectivity index (χ4v) is 2.65. The minimum Gasteiger partial charge on any atom is -0.478 e. The molecule has 1 aliphatic carbocycles. The van der Waals surface area contributed by atoms with E-state index in [4.69, 9.17) is 16.7 Å². The van der Waals surface area contributed by atoms with Crippen LogP contribution in [0.15, 0.2) is 42.5 Å². The zero-order valence-corrected chi connectivity index (χ0v) is 11.9. The number of ketones is 2. The second-order valence-corrected chi connectivity index (χ2v) is 5.20. The number of aliphatic carboxylic acids is 1. The summed E-state index contributed by atoms with van der Waals surface area (Å²) < 4.78 is 0. The molecule has 108 valence electrons. The summed E-state index contributed by atoms with van der Waals surface area (Å²) in [5, 5.41) is 8.90. The average Bonchev–Trinajstić information content (AvgIpc) is 2.51. The molecule has 0 atom stereocenters. The Morgan fingerprint density at radius 1 is 0.955 bits per heavy atom. The van der Waals surface area contributed by atoms with Gasteiger partial charge in [-0.1, -0.05) is 35.9 Å². The molecule has 2 aromatic carbocycles. The molecule has 0 amide bonds. The fourth-order valence-electron chi connectivity index (χ4n) is 2.42. The SMILES string of the molecule is O=C(O)C=Cc1cc2c(cc1Cl)C(=O)c1ccccc1C2=O. The lowest BCUT2D eigenvalue weighted by Gasteiger charge is -2.18. The van der Waals surface area contributed by atoms with E-state index in [0.717, 1.165) is 6.08 Å². The van der Waals surface area contributed by atoms with Gasteiger partial charge in [0.25, 0.3) is 0 Å². The predicted octanol–water partition coefficient (Wildman–Crippen LogP) is 3.21. The van der Waals surface area contributed by atoms with E-state index in [-0.39, 0.29) is 27.7 Å². The van der Waals surface area contributed by atoms with Crippen molar-refractivity contribution in [2.24, 2.45) is 0 Å². The Morgan fingerprint density at radius 3 is 2.05 bits per heavy atom. The zero-order valence-electron chi connectivity index (χ0n) is 11.2. The molecule has 0 saturated carbocycles. The van der Waals surface area contributed by atoms with Crippen LogP contribution in [0.2, 0.25) is 5.02 Å². The van der Waals surface area contributed by atoms with Crippen molar-refractivity contribution in [3.63, 3.8) is 0 Å². The summed E-state index contributed by atoms with van der Waals surface area (Å²) in [6.45, 7) is 0. The van der Waals surface area contributed by atoms with E-state index >= 15 is 0 Å². The lowest BCUT2D eigenvalue weighted by atomic mass is 9.83. The molecule has 22 heavy (non-hydrogen) atoms. The van der Waals surface area contributed by atoms with E-state index in [1.54, 1.807) is 24.3 Å². The highest BCUT2D eigenvalue weighted by molar-refractivity contribution is 6.34. The van der Waals surface area contributed by atoms with E-state index in [9.17, 15) is 14.4 Å². The summed E-state index contributed by atoms with van der Waals surface area (Å²) in [5.41, 5.74) is 1.54. The van der Waals surface area contributed by atoms with Gasteiger partial charge in [-0.05, 0) is 23.8 Å². The van der Waals surface area contributed by atoms with Gasteiger partial charge in [0.05, 0.1) is 0 Å². The molecular weight excluding hydrogens is 304 g/mol. The number of carboxylic acids is 1. The van der Waals surface area contributed by atoms with Crippen LogP contribution in [0.1, 0.15) is 37.4 Å². The van der Waals surface area contributed by atoms with Crippen LogP contribution in [0, 0.1) is 0 Å². The van der Waals surface area contributed by atoms with Crippen molar-refractivity contribution in [1.29, 1.82) is 0 Å². The molecular formula is C17H9ClO4. The lowest BCUT2D eigenvalue weighted by Crippen LogP contribution is -2.21. The summed E-state index contributed by atoms with van der Waals surface area (Å²) in [5.74, 6) is -1.66. The van der Waals surface area contributed by atoms with Crippen molar-refractivity contribution in [2.75, 3.05) is 0 Å². The average molecular weight is 313 g/mol. The molecule has 0 radical (unpaired) electrons. The molecule has 3 rings (SSSR count). The second-order valence-electron chi connectivity index (χ2n) is 4.79. The lowest BCUT2D eigenvalue weighted by molar-refractivity contribution is -0.131. The van der Waals surface area contributed by atoms with Crippen molar-refractivity contribution in [3.8, 4) is 0 Å². The third kappa shape index (κ3) is 2.23. The van der Waals surface area contributed by atoms with Crippen LogP contribution in [-0.4, -0.2) is 22.6 Å². The Kier molecular flexibility index (Phi) is 3.39. The molecule has 0 bridgehead atoms. The summed E-state index contributed by atoms with van der Waals surface area (Å²) in [4.78, 5) is 35.6. The van der Waals surface area contributed by atoms with Gasteiger partial charge in [0.2, 0.25) is 0 Å². The summed E-state index contributed by atoms with van der Waals surface area (Å²) in [6.07, 6.45) is 2.22. The van der Waals surface area contributed by atoms with Crippen LogP contribution in [-0.2, 0) is 4.79 Å². The molecule has 5 heteroatoms. The fraction of sp³-hybridized carbons (Fsp3) is 0. The third-order valence-corrected chi connectivity index (χ3v) is 3.78. The van der Waals surface area contributed by atoms with Gasteiger partial charge in [-0.2, -0.15) is 0 Å². The highest BCUT2D eigenvalue weighted by Gasteiger charge is 2.30.